The van der Waals surface area contributed by atoms with Crippen LogP contribution < -0.4 is 26.4 Å². The zero-order valence-corrected chi connectivity index (χ0v) is 14.0. The minimum Gasteiger partial charge on any atom is -0.367 e. The molecule has 4 N–H and O–H groups in total. The molecular weight excluding hydrogens is 302 g/mol. The Bertz CT molecular complexity index is 594. The summed E-state index contributed by atoms with van der Waals surface area (Å²) in [5.41, 5.74) is 6.69. The van der Waals surface area contributed by atoms with Gasteiger partial charge in [0.25, 0.3) is 0 Å². The van der Waals surface area contributed by atoms with Crippen LogP contribution in [0.25, 0.3) is 0 Å². The van der Waals surface area contributed by atoms with Gasteiger partial charge in [-0.05, 0) is 37.7 Å². The Labute approximate surface area is 143 Å². The van der Waals surface area contributed by atoms with Crippen molar-refractivity contribution in [1.29, 1.82) is 0 Å². The molecule has 130 valence electrons. The summed E-state index contributed by atoms with van der Waals surface area (Å²) in [6.07, 6.45) is 6.75. The minimum atomic E-state index is 0.525. The SMILES string of the molecule is c1cc(NC2CCC3NNCC3C2)nc(N2CC[C@@H]3NC[C@@H]3C2)n1. The number of nitrogens with zero attached hydrogens (tertiary/aromatic N) is 3. The summed E-state index contributed by atoms with van der Waals surface area (Å²) in [6.45, 7) is 4.38. The van der Waals surface area contributed by atoms with E-state index in [4.69, 9.17) is 4.98 Å². The smallest absolute Gasteiger partial charge is 0.227 e. The molecule has 1 aromatic heterocycles. The van der Waals surface area contributed by atoms with E-state index in [1.807, 2.05) is 12.3 Å². The number of hydrazine groups is 1. The fourth-order valence-electron chi connectivity index (χ4n) is 4.75. The van der Waals surface area contributed by atoms with Crippen LogP contribution in [0.4, 0.5) is 11.8 Å². The van der Waals surface area contributed by atoms with Crippen molar-refractivity contribution in [2.24, 2.45) is 11.8 Å². The Morgan fingerprint density at radius 2 is 2.12 bits per heavy atom. The molecule has 5 atom stereocenters. The second kappa shape index (κ2) is 6.13. The van der Waals surface area contributed by atoms with Crippen molar-refractivity contribution in [1.82, 2.24) is 26.1 Å². The van der Waals surface area contributed by atoms with E-state index in [1.54, 1.807) is 0 Å². The summed E-state index contributed by atoms with van der Waals surface area (Å²) in [6, 6.07) is 3.92. The van der Waals surface area contributed by atoms with Crippen LogP contribution >= 0.6 is 0 Å². The molecule has 1 saturated carbocycles. The molecule has 1 aromatic rings. The number of aromatic nitrogens is 2. The van der Waals surface area contributed by atoms with Gasteiger partial charge in [-0.2, -0.15) is 4.98 Å². The van der Waals surface area contributed by atoms with Gasteiger partial charge < -0.3 is 15.5 Å². The van der Waals surface area contributed by atoms with Crippen molar-refractivity contribution >= 4 is 11.8 Å². The predicted octanol–water partition coefficient (Wildman–Crippen LogP) is 0.332. The van der Waals surface area contributed by atoms with E-state index in [9.17, 15) is 0 Å². The van der Waals surface area contributed by atoms with Crippen molar-refractivity contribution in [3.63, 3.8) is 0 Å². The van der Waals surface area contributed by atoms with E-state index in [0.29, 0.717) is 12.1 Å². The molecule has 0 aromatic carbocycles. The molecule has 7 heteroatoms. The molecule has 0 radical (unpaired) electrons. The fourth-order valence-corrected chi connectivity index (χ4v) is 4.75. The van der Waals surface area contributed by atoms with Crippen LogP contribution in [0.5, 0.6) is 0 Å². The van der Waals surface area contributed by atoms with Crippen LogP contribution in [0, 0.1) is 11.8 Å². The van der Waals surface area contributed by atoms with Crippen LogP contribution in [0.3, 0.4) is 0 Å². The average Bonchev–Trinajstić information content (AvgIpc) is 3.04. The van der Waals surface area contributed by atoms with E-state index in [2.05, 4.69) is 31.4 Å². The Morgan fingerprint density at radius 3 is 3.00 bits per heavy atom. The van der Waals surface area contributed by atoms with Crippen LogP contribution in [-0.2, 0) is 0 Å². The Kier molecular flexibility index (Phi) is 3.80. The lowest BCUT2D eigenvalue weighted by atomic mass is 9.83. The summed E-state index contributed by atoms with van der Waals surface area (Å²) >= 11 is 0. The minimum absolute atomic E-state index is 0.525. The maximum Gasteiger partial charge on any atom is 0.227 e. The van der Waals surface area contributed by atoms with Crippen molar-refractivity contribution in [2.45, 2.75) is 43.8 Å². The molecule has 0 bridgehead atoms. The third-order valence-corrected chi connectivity index (χ3v) is 6.29. The van der Waals surface area contributed by atoms with Crippen molar-refractivity contribution in [3.8, 4) is 0 Å². The first-order valence-electron chi connectivity index (χ1n) is 9.41. The predicted molar refractivity (Wildman–Crippen MR) is 93.8 cm³/mol. The lowest BCUT2D eigenvalue weighted by Crippen LogP contribution is -2.61. The lowest BCUT2D eigenvalue weighted by molar-refractivity contribution is 0.197. The highest BCUT2D eigenvalue weighted by Gasteiger charge is 2.36. The molecule has 7 nitrogen and oxygen atoms in total. The number of nitrogens with one attached hydrogen (secondary N) is 4. The van der Waals surface area contributed by atoms with Gasteiger partial charge in [-0.15, -0.1) is 0 Å². The van der Waals surface area contributed by atoms with Gasteiger partial charge in [0.2, 0.25) is 5.95 Å². The van der Waals surface area contributed by atoms with Gasteiger partial charge in [0.05, 0.1) is 0 Å². The van der Waals surface area contributed by atoms with E-state index in [-0.39, 0.29) is 0 Å². The Balaban J connectivity index is 1.24. The molecule has 0 spiro atoms. The van der Waals surface area contributed by atoms with Crippen molar-refractivity contribution in [2.75, 3.05) is 36.4 Å². The summed E-state index contributed by atoms with van der Waals surface area (Å²) < 4.78 is 0. The summed E-state index contributed by atoms with van der Waals surface area (Å²) in [7, 11) is 0. The normalized spacial score (nSPS) is 38.2. The second-order valence-electron chi connectivity index (χ2n) is 7.80. The maximum atomic E-state index is 4.81. The number of fused-ring (bicyclic) bond motifs is 2. The number of hydrogen-bond acceptors (Lipinski definition) is 7. The van der Waals surface area contributed by atoms with Gasteiger partial charge in [-0.1, -0.05) is 0 Å². The van der Waals surface area contributed by atoms with Gasteiger partial charge in [-0.3, -0.25) is 10.9 Å². The molecule has 3 saturated heterocycles. The van der Waals surface area contributed by atoms with E-state index >= 15 is 0 Å². The number of rotatable bonds is 3. The summed E-state index contributed by atoms with van der Waals surface area (Å²) in [5, 5.41) is 7.17. The zero-order valence-electron chi connectivity index (χ0n) is 14.0. The lowest BCUT2D eigenvalue weighted by Gasteiger charge is -2.46. The van der Waals surface area contributed by atoms with E-state index in [0.717, 1.165) is 55.8 Å². The van der Waals surface area contributed by atoms with Gasteiger partial charge in [0, 0.05) is 56.4 Å². The summed E-state index contributed by atoms with van der Waals surface area (Å²) in [4.78, 5) is 11.7. The van der Waals surface area contributed by atoms with Gasteiger partial charge in [0.15, 0.2) is 0 Å². The highest BCUT2D eigenvalue weighted by atomic mass is 15.4. The number of hydrogen-bond donors (Lipinski definition) is 4. The molecule has 24 heavy (non-hydrogen) atoms. The van der Waals surface area contributed by atoms with E-state index in [1.165, 1.54) is 25.7 Å². The van der Waals surface area contributed by atoms with Gasteiger partial charge in [0.1, 0.15) is 5.82 Å². The van der Waals surface area contributed by atoms with Crippen LogP contribution in [0.2, 0.25) is 0 Å². The largest absolute Gasteiger partial charge is 0.367 e. The highest BCUT2D eigenvalue weighted by Crippen LogP contribution is 2.29. The van der Waals surface area contributed by atoms with Crippen LogP contribution in [0.1, 0.15) is 25.7 Å². The molecule has 0 amide bonds. The monoisotopic (exact) mass is 329 g/mol. The maximum absolute atomic E-state index is 4.81. The Morgan fingerprint density at radius 1 is 1.12 bits per heavy atom. The van der Waals surface area contributed by atoms with Gasteiger partial charge in [-0.25, -0.2) is 4.98 Å². The molecule has 4 aliphatic rings. The highest BCUT2D eigenvalue weighted by molar-refractivity contribution is 5.42. The molecule has 3 unspecified atom stereocenters. The first kappa shape index (κ1) is 14.9. The standard InChI is InChI=1S/C17H27N7/c1-2-15-11(9-20-23-15)7-13(1)21-16-3-5-18-17(22-16)24-6-4-14-12(10-24)8-19-14/h3,5,11-15,19-20,23H,1-2,4,6-10H2,(H,18,21,22)/t11?,12-,13?,14+,15?/m1/s1. The zero-order chi connectivity index (χ0) is 15.9. The molecule has 4 fully saturated rings. The molecule has 3 aliphatic heterocycles. The van der Waals surface area contributed by atoms with Crippen molar-refractivity contribution < 1.29 is 0 Å². The van der Waals surface area contributed by atoms with Crippen LogP contribution in [-0.4, -0.2) is 54.3 Å². The number of piperidine rings is 1. The second-order valence-corrected chi connectivity index (χ2v) is 7.80. The molecule has 5 rings (SSSR count). The van der Waals surface area contributed by atoms with E-state index < -0.39 is 0 Å². The third kappa shape index (κ3) is 2.74. The fraction of sp³-hybridized carbons (Fsp3) is 0.765. The first-order chi connectivity index (χ1) is 11.8. The van der Waals surface area contributed by atoms with Gasteiger partial charge >= 0.3 is 0 Å². The number of anilines is 2. The first-order valence-corrected chi connectivity index (χ1v) is 9.41. The Hall–Kier alpha value is -1.44. The quantitative estimate of drug-likeness (QED) is 0.637. The molecule has 4 heterocycles. The van der Waals surface area contributed by atoms with Crippen molar-refractivity contribution in [3.05, 3.63) is 12.3 Å². The topological polar surface area (TPSA) is 77.1 Å². The summed E-state index contributed by atoms with van der Waals surface area (Å²) in [5.74, 6) is 3.39. The average molecular weight is 329 g/mol. The third-order valence-electron chi connectivity index (χ3n) is 6.29. The molecule has 1 aliphatic carbocycles. The van der Waals surface area contributed by atoms with Crippen LogP contribution in [0.15, 0.2) is 12.3 Å². The molecular formula is C17H27N7.